The van der Waals surface area contributed by atoms with Crippen LogP contribution >= 0.6 is 23.1 Å². The van der Waals surface area contributed by atoms with Gasteiger partial charge in [0.15, 0.2) is 5.83 Å². The van der Waals surface area contributed by atoms with Crippen LogP contribution in [-0.2, 0) is 4.75 Å². The van der Waals surface area contributed by atoms with Gasteiger partial charge in [-0.15, -0.1) is 23.1 Å². The largest absolute Gasteiger partial charge is 0.365 e. The molecule has 0 saturated carbocycles. The summed E-state index contributed by atoms with van der Waals surface area (Å²) in [5.74, 6) is -11.4. The van der Waals surface area contributed by atoms with Gasteiger partial charge in [-0.2, -0.15) is 17.6 Å². The highest BCUT2D eigenvalue weighted by molar-refractivity contribution is 8.04. The molecule has 0 saturated heterocycles. The zero-order valence-corrected chi connectivity index (χ0v) is 14.9. The molecular weight excluding hydrogens is 363 g/mol. The predicted molar refractivity (Wildman–Crippen MR) is 87.4 cm³/mol. The van der Waals surface area contributed by atoms with Crippen LogP contribution in [0.15, 0.2) is 28.0 Å². The van der Waals surface area contributed by atoms with E-state index in [0.717, 1.165) is 9.78 Å². The lowest BCUT2D eigenvalue weighted by Gasteiger charge is -2.35. The van der Waals surface area contributed by atoms with Gasteiger partial charge in [-0.3, -0.25) is 0 Å². The van der Waals surface area contributed by atoms with Crippen molar-refractivity contribution in [3.05, 3.63) is 48.8 Å². The molecule has 3 aliphatic rings. The lowest BCUT2D eigenvalue weighted by atomic mass is 9.75. The quantitative estimate of drug-likeness (QED) is 0.465. The highest BCUT2D eigenvalue weighted by Crippen LogP contribution is 2.69. The molecule has 7 heteroatoms. The number of allylic oxidation sites excluding steroid dienone is 5. The molecular formula is C17H13F5S2. The molecule has 2 aliphatic carbocycles. The Labute approximate surface area is 144 Å². The maximum atomic E-state index is 14.6. The van der Waals surface area contributed by atoms with E-state index in [0.29, 0.717) is 10.4 Å². The van der Waals surface area contributed by atoms with Crippen LogP contribution in [0.5, 0.6) is 0 Å². The van der Waals surface area contributed by atoms with Gasteiger partial charge >= 0.3 is 11.8 Å². The van der Waals surface area contributed by atoms with Crippen molar-refractivity contribution in [3.63, 3.8) is 0 Å². The van der Waals surface area contributed by atoms with E-state index in [1.165, 1.54) is 29.2 Å². The average Bonchev–Trinajstić information content (AvgIpc) is 2.95. The summed E-state index contributed by atoms with van der Waals surface area (Å²) in [6.45, 7) is 6.99. The third-order valence-corrected chi connectivity index (χ3v) is 7.23. The Morgan fingerprint density at radius 2 is 1.58 bits per heavy atom. The lowest BCUT2D eigenvalue weighted by Crippen LogP contribution is -2.39. The van der Waals surface area contributed by atoms with E-state index in [2.05, 4.69) is 0 Å². The van der Waals surface area contributed by atoms with Crippen LogP contribution in [0, 0.1) is 13.8 Å². The monoisotopic (exact) mass is 376 g/mol. The third-order valence-electron chi connectivity index (χ3n) is 4.94. The fourth-order valence-electron chi connectivity index (χ4n) is 4.06. The van der Waals surface area contributed by atoms with Crippen LogP contribution in [-0.4, -0.2) is 11.8 Å². The molecule has 0 unspecified atom stereocenters. The van der Waals surface area contributed by atoms with Gasteiger partial charge in [-0.25, -0.2) is 4.39 Å². The molecule has 2 heterocycles. The van der Waals surface area contributed by atoms with Crippen molar-refractivity contribution in [1.29, 1.82) is 0 Å². The molecule has 4 rings (SSSR count). The highest BCUT2D eigenvalue weighted by atomic mass is 32.2. The molecule has 0 nitrogen and oxygen atoms in total. The van der Waals surface area contributed by atoms with Crippen LogP contribution in [0.4, 0.5) is 22.0 Å². The number of aryl methyl sites for hydroxylation is 2. The van der Waals surface area contributed by atoms with E-state index in [9.17, 15) is 22.0 Å². The number of thiophene rings is 1. The maximum Gasteiger partial charge on any atom is 0.365 e. The molecule has 0 N–H and O–H groups in total. The smallest absolute Gasteiger partial charge is 0.204 e. The zero-order valence-electron chi connectivity index (χ0n) is 13.3. The molecule has 0 fully saturated rings. The topological polar surface area (TPSA) is 0 Å². The van der Waals surface area contributed by atoms with Crippen molar-refractivity contribution >= 4 is 28.7 Å². The maximum absolute atomic E-state index is 14.6. The molecule has 0 amide bonds. The van der Waals surface area contributed by atoms with E-state index in [1.807, 2.05) is 6.92 Å². The fourth-order valence-corrected chi connectivity index (χ4v) is 6.75. The van der Waals surface area contributed by atoms with Crippen molar-refractivity contribution in [2.24, 2.45) is 0 Å². The molecule has 1 aliphatic heterocycles. The van der Waals surface area contributed by atoms with Gasteiger partial charge in [0.1, 0.15) is 0 Å². The molecule has 0 bridgehead atoms. The van der Waals surface area contributed by atoms with E-state index < -0.39 is 33.6 Å². The van der Waals surface area contributed by atoms with Gasteiger partial charge in [0.2, 0.25) is 0 Å². The number of thioether (sulfide) groups is 1. The molecule has 128 valence electrons. The van der Waals surface area contributed by atoms with Gasteiger partial charge < -0.3 is 0 Å². The molecule has 0 radical (unpaired) electrons. The minimum atomic E-state index is -4.82. The fraction of sp³-hybridized carbons (Fsp3) is 0.412. The first kappa shape index (κ1) is 16.4. The number of hydrogen-bond donors (Lipinski definition) is 0. The van der Waals surface area contributed by atoms with E-state index in [-0.39, 0.29) is 11.1 Å². The SMILES string of the molecule is CC1=CC2=C3C(=C(F)C(F)(F)C3(F)F)c3c(C)sc(C)c3[C@]2(C)S1. The van der Waals surface area contributed by atoms with Crippen molar-refractivity contribution in [1.82, 2.24) is 0 Å². The second kappa shape index (κ2) is 4.36. The normalized spacial score (nSPS) is 29.6. The van der Waals surface area contributed by atoms with Crippen LogP contribution in [0.1, 0.15) is 34.7 Å². The first-order valence-corrected chi connectivity index (χ1v) is 8.97. The summed E-state index contributed by atoms with van der Waals surface area (Å²) in [5, 5.41) is 0. The Balaban J connectivity index is 2.22. The summed E-state index contributed by atoms with van der Waals surface area (Å²) in [4.78, 5) is 2.18. The number of halogens is 5. The first-order chi connectivity index (χ1) is 10.9. The van der Waals surface area contributed by atoms with Crippen molar-refractivity contribution in [2.75, 3.05) is 0 Å². The summed E-state index contributed by atoms with van der Waals surface area (Å²) in [6.07, 6.45) is 1.50. The Hall–Kier alpha value is -1.08. The van der Waals surface area contributed by atoms with E-state index >= 15 is 0 Å². The molecule has 0 aromatic carbocycles. The highest BCUT2D eigenvalue weighted by Gasteiger charge is 2.71. The minimum absolute atomic E-state index is 0.103. The Morgan fingerprint density at radius 3 is 2.21 bits per heavy atom. The number of alkyl halides is 4. The predicted octanol–water partition coefficient (Wildman–Crippen LogP) is 6.51. The zero-order chi connectivity index (χ0) is 17.8. The number of fused-ring (bicyclic) bond motifs is 5. The molecule has 1 aromatic rings. The summed E-state index contributed by atoms with van der Waals surface area (Å²) in [6, 6.07) is 0. The number of hydrogen-bond acceptors (Lipinski definition) is 2. The van der Waals surface area contributed by atoms with Gasteiger partial charge in [0.05, 0.1) is 4.75 Å². The Bertz CT molecular complexity index is 900. The third kappa shape index (κ3) is 1.56. The Morgan fingerprint density at radius 1 is 0.958 bits per heavy atom. The van der Waals surface area contributed by atoms with Crippen LogP contribution < -0.4 is 0 Å². The van der Waals surface area contributed by atoms with Crippen LogP contribution in [0.25, 0.3) is 5.57 Å². The molecule has 0 spiro atoms. The van der Waals surface area contributed by atoms with E-state index in [1.54, 1.807) is 20.8 Å². The van der Waals surface area contributed by atoms with Gasteiger partial charge in [-0.1, -0.05) is 0 Å². The molecule has 1 aromatic heterocycles. The number of rotatable bonds is 0. The van der Waals surface area contributed by atoms with E-state index in [4.69, 9.17) is 0 Å². The standard InChI is InChI=1S/C17H13F5S2/c1-6-5-9-13-11(14(18)17(21,22)16(13,19)20)10-7(2)23-8(3)12(10)15(9,4)24-6/h5H,1-4H3/t15-/m1/s1. The van der Waals surface area contributed by atoms with Crippen molar-refractivity contribution in [3.8, 4) is 0 Å². The Kier molecular flexibility index (Phi) is 2.98. The average molecular weight is 376 g/mol. The summed E-state index contributed by atoms with van der Waals surface area (Å²) in [5.41, 5.74) is -0.430. The van der Waals surface area contributed by atoms with Gasteiger partial charge in [0.25, 0.3) is 0 Å². The first-order valence-electron chi connectivity index (χ1n) is 7.34. The lowest BCUT2D eigenvalue weighted by molar-refractivity contribution is -0.160. The summed E-state index contributed by atoms with van der Waals surface area (Å²) < 4.78 is 70.9. The molecule has 1 atom stereocenters. The van der Waals surface area contributed by atoms with Gasteiger partial charge in [0, 0.05) is 26.5 Å². The van der Waals surface area contributed by atoms with Crippen molar-refractivity contribution in [2.45, 2.75) is 44.3 Å². The molecule has 24 heavy (non-hydrogen) atoms. The summed E-state index contributed by atoms with van der Waals surface area (Å²) in [7, 11) is 0. The van der Waals surface area contributed by atoms with Crippen LogP contribution in [0.3, 0.4) is 0 Å². The minimum Gasteiger partial charge on any atom is -0.204 e. The van der Waals surface area contributed by atoms with Crippen LogP contribution in [0.2, 0.25) is 0 Å². The second-order valence-electron chi connectivity index (χ2n) is 6.48. The van der Waals surface area contributed by atoms with Crippen molar-refractivity contribution < 1.29 is 22.0 Å². The van der Waals surface area contributed by atoms with Gasteiger partial charge in [-0.05, 0) is 49.8 Å². The summed E-state index contributed by atoms with van der Waals surface area (Å²) >= 11 is 2.69. The second-order valence-corrected chi connectivity index (χ2v) is 9.57.